The first-order valence-corrected chi connectivity index (χ1v) is 10.9. The predicted molar refractivity (Wildman–Crippen MR) is 119 cm³/mol. The molecule has 2 N–H and O–H groups in total. The Labute approximate surface area is 203 Å². The van der Waals surface area contributed by atoms with Gasteiger partial charge in [0.05, 0.1) is 0 Å². The zero-order valence-electron chi connectivity index (χ0n) is 18.8. The van der Waals surface area contributed by atoms with Crippen molar-refractivity contribution in [3.63, 3.8) is 0 Å². The van der Waals surface area contributed by atoms with E-state index in [4.69, 9.17) is 4.74 Å². The molecule has 2 aliphatic heterocycles. The van der Waals surface area contributed by atoms with E-state index in [0.717, 1.165) is 5.56 Å². The van der Waals surface area contributed by atoms with Crippen molar-refractivity contribution < 1.29 is 37.1 Å². The van der Waals surface area contributed by atoms with E-state index >= 15 is 0 Å². The molecule has 36 heavy (non-hydrogen) atoms. The number of piperidine rings is 1. The van der Waals surface area contributed by atoms with Crippen LogP contribution in [0.3, 0.4) is 0 Å². The fourth-order valence-electron chi connectivity index (χ4n) is 3.91. The Morgan fingerprint density at radius 3 is 2.53 bits per heavy atom. The summed E-state index contributed by atoms with van der Waals surface area (Å²) >= 11 is 0. The highest BCUT2D eigenvalue weighted by Gasteiger charge is 2.39. The molecule has 1 unspecified atom stereocenters. The van der Waals surface area contributed by atoms with Crippen LogP contribution in [0.5, 0.6) is 0 Å². The lowest BCUT2D eigenvalue weighted by atomic mass is 10.0. The van der Waals surface area contributed by atoms with E-state index < -0.39 is 24.2 Å². The minimum atomic E-state index is -4.57. The van der Waals surface area contributed by atoms with Crippen LogP contribution in [0.15, 0.2) is 42.5 Å². The average Bonchev–Trinajstić information content (AvgIpc) is 3.16. The first-order valence-electron chi connectivity index (χ1n) is 10.9. The van der Waals surface area contributed by atoms with Crippen LogP contribution in [-0.2, 0) is 34.0 Å². The molecule has 0 aliphatic carbocycles. The fraction of sp³-hybridized carbons (Fsp3) is 0.280. The number of rotatable bonds is 5. The lowest BCUT2D eigenvalue weighted by molar-refractivity contribution is -0.136. The first-order chi connectivity index (χ1) is 17.1. The fourth-order valence-corrected chi connectivity index (χ4v) is 3.91. The molecule has 0 bridgehead atoms. The number of amides is 4. The number of alkyl carbamates (subject to hydrolysis) is 1. The molecule has 186 valence electrons. The zero-order chi connectivity index (χ0) is 25.9. The van der Waals surface area contributed by atoms with Crippen LogP contribution >= 0.6 is 0 Å². The summed E-state index contributed by atoms with van der Waals surface area (Å²) in [5.41, 5.74) is 2.58. The minimum absolute atomic E-state index is 0.0871. The second-order valence-corrected chi connectivity index (χ2v) is 8.27. The minimum Gasteiger partial charge on any atom is -0.445 e. The third-order valence-electron chi connectivity index (χ3n) is 5.70. The first kappa shape index (κ1) is 24.8. The summed E-state index contributed by atoms with van der Waals surface area (Å²) in [7, 11) is 0. The summed E-state index contributed by atoms with van der Waals surface area (Å²) in [5.74, 6) is 2.04. The van der Waals surface area contributed by atoms with Crippen molar-refractivity contribution in [1.82, 2.24) is 15.5 Å². The number of ether oxygens (including phenoxy) is 1. The Balaban J connectivity index is 1.28. The van der Waals surface area contributed by atoms with Gasteiger partial charge in [0.2, 0.25) is 11.8 Å². The van der Waals surface area contributed by atoms with E-state index in [1.54, 1.807) is 18.2 Å². The Bertz CT molecular complexity index is 1280. The number of hydrogen-bond acceptors (Lipinski definition) is 5. The van der Waals surface area contributed by atoms with Crippen LogP contribution < -0.4 is 10.6 Å². The maximum absolute atomic E-state index is 12.9. The summed E-state index contributed by atoms with van der Waals surface area (Å²) < 4.78 is 41.6. The summed E-state index contributed by atoms with van der Waals surface area (Å²) in [6.45, 7) is 0.253. The largest absolute Gasteiger partial charge is 0.458 e. The van der Waals surface area contributed by atoms with Crippen LogP contribution in [0.4, 0.5) is 18.0 Å². The van der Waals surface area contributed by atoms with Gasteiger partial charge in [0.25, 0.3) is 5.91 Å². The molecule has 1 saturated heterocycles. The number of carbonyl (C=O) groups is 4. The molecule has 0 aromatic heterocycles. The molecule has 0 radical (unpaired) electrons. The van der Waals surface area contributed by atoms with Crippen molar-refractivity contribution in [3.8, 4) is 11.8 Å². The highest BCUT2D eigenvalue weighted by atomic mass is 19.4. The summed E-state index contributed by atoms with van der Waals surface area (Å²) in [5, 5.41) is 4.83. The van der Waals surface area contributed by atoms with Gasteiger partial charge in [-0.3, -0.25) is 19.7 Å². The highest BCUT2D eigenvalue weighted by molar-refractivity contribution is 6.05. The summed E-state index contributed by atoms with van der Waals surface area (Å²) in [6.07, 6.45) is -4.84. The Morgan fingerprint density at radius 2 is 1.83 bits per heavy atom. The maximum Gasteiger partial charge on any atom is 0.458 e. The van der Waals surface area contributed by atoms with Crippen LogP contribution in [-0.4, -0.2) is 40.9 Å². The average molecular weight is 499 g/mol. The van der Waals surface area contributed by atoms with Crippen molar-refractivity contribution in [3.05, 3.63) is 70.3 Å². The Morgan fingerprint density at radius 1 is 1.11 bits per heavy atom. The molecule has 2 aliphatic rings. The molecule has 2 aromatic carbocycles. The molecule has 0 spiro atoms. The second-order valence-electron chi connectivity index (χ2n) is 8.27. The van der Waals surface area contributed by atoms with Gasteiger partial charge in [0, 0.05) is 36.6 Å². The molecule has 2 heterocycles. The number of hydrogen-bond donors (Lipinski definition) is 2. The van der Waals surface area contributed by atoms with Gasteiger partial charge in [-0.25, -0.2) is 4.79 Å². The maximum atomic E-state index is 12.9. The molecule has 4 rings (SSSR count). The Hall–Kier alpha value is -4.33. The van der Waals surface area contributed by atoms with Crippen LogP contribution in [0, 0.1) is 11.8 Å². The second kappa shape index (κ2) is 10.1. The SMILES string of the molecule is O=C1CCC(N2Cc3ccc(CNC(=O)OCc4ccc(C#CC(F)(F)F)cc4)cc3C2=O)C(=O)N1. The van der Waals surface area contributed by atoms with E-state index in [1.165, 1.54) is 35.1 Å². The van der Waals surface area contributed by atoms with Crippen molar-refractivity contribution in [2.75, 3.05) is 0 Å². The molecule has 8 nitrogen and oxygen atoms in total. The standard InChI is InChI=1S/C25H20F3N3O5/c26-25(27,28)10-9-15-1-3-16(4-2-15)14-36-24(35)29-12-17-5-6-18-13-31(23(34)19(18)11-17)20-7-8-21(32)30-22(20)33/h1-6,11,20H,7-8,12-14H2,(H,29,35)(H,30,32,33). The van der Waals surface area contributed by atoms with Crippen LogP contribution in [0.25, 0.3) is 0 Å². The van der Waals surface area contributed by atoms with Crippen LogP contribution in [0.2, 0.25) is 0 Å². The molecular weight excluding hydrogens is 479 g/mol. The lowest BCUT2D eigenvalue weighted by Crippen LogP contribution is -2.52. The van der Waals surface area contributed by atoms with E-state index in [-0.39, 0.29) is 49.9 Å². The van der Waals surface area contributed by atoms with Crippen molar-refractivity contribution in [1.29, 1.82) is 0 Å². The number of fused-ring (bicyclic) bond motifs is 1. The van der Waals surface area contributed by atoms with Crippen molar-refractivity contribution in [2.45, 2.75) is 44.8 Å². The number of imide groups is 1. The van der Waals surface area contributed by atoms with E-state index in [0.29, 0.717) is 16.7 Å². The normalized spacial score (nSPS) is 17.1. The van der Waals surface area contributed by atoms with E-state index in [1.807, 2.05) is 5.92 Å². The zero-order valence-corrected chi connectivity index (χ0v) is 18.8. The molecule has 2 aromatic rings. The van der Waals surface area contributed by atoms with Gasteiger partial charge >= 0.3 is 12.3 Å². The van der Waals surface area contributed by atoms with Gasteiger partial charge in [-0.05, 0) is 41.3 Å². The number of nitrogens with zero attached hydrogens (tertiary/aromatic N) is 1. The summed E-state index contributed by atoms with van der Waals surface area (Å²) in [6, 6.07) is 10.3. The number of carbonyl (C=O) groups excluding carboxylic acids is 4. The topological polar surface area (TPSA) is 105 Å². The van der Waals surface area contributed by atoms with Gasteiger partial charge in [-0.2, -0.15) is 13.2 Å². The molecule has 11 heteroatoms. The van der Waals surface area contributed by atoms with Crippen LogP contribution in [0.1, 0.15) is 45.5 Å². The monoisotopic (exact) mass is 499 g/mol. The molecule has 1 fully saturated rings. The Kier molecular flexibility index (Phi) is 6.96. The molecular formula is C25H20F3N3O5. The molecule has 0 saturated carbocycles. The smallest absolute Gasteiger partial charge is 0.445 e. The van der Waals surface area contributed by atoms with Gasteiger partial charge in [0.1, 0.15) is 12.6 Å². The third-order valence-corrected chi connectivity index (χ3v) is 5.70. The number of benzene rings is 2. The number of nitrogens with one attached hydrogen (secondary N) is 2. The van der Waals surface area contributed by atoms with Gasteiger partial charge in [0.15, 0.2) is 0 Å². The van der Waals surface area contributed by atoms with Crippen molar-refractivity contribution in [2.24, 2.45) is 0 Å². The van der Waals surface area contributed by atoms with Crippen molar-refractivity contribution >= 4 is 23.8 Å². The number of halogens is 3. The highest BCUT2D eigenvalue weighted by Crippen LogP contribution is 2.28. The molecule has 1 atom stereocenters. The quantitative estimate of drug-likeness (QED) is 0.487. The van der Waals surface area contributed by atoms with Gasteiger partial charge in [-0.1, -0.05) is 30.2 Å². The van der Waals surface area contributed by atoms with E-state index in [2.05, 4.69) is 10.6 Å². The third kappa shape index (κ3) is 6.02. The lowest BCUT2D eigenvalue weighted by Gasteiger charge is -2.29. The number of alkyl halides is 3. The van der Waals surface area contributed by atoms with Gasteiger partial charge < -0.3 is 15.0 Å². The summed E-state index contributed by atoms with van der Waals surface area (Å²) in [4.78, 5) is 49.9. The molecule has 4 amide bonds. The predicted octanol–water partition coefficient (Wildman–Crippen LogP) is 2.79. The van der Waals surface area contributed by atoms with Gasteiger partial charge in [-0.15, -0.1) is 0 Å². The van der Waals surface area contributed by atoms with E-state index in [9.17, 15) is 32.3 Å².